The minimum atomic E-state index is -0.994. The van der Waals surface area contributed by atoms with E-state index in [-0.39, 0.29) is 0 Å². The molecule has 0 aliphatic heterocycles. The van der Waals surface area contributed by atoms with E-state index < -0.39 is 6.04 Å². The largest absolute Gasteiger partial charge is 0.489 e. The van der Waals surface area contributed by atoms with Crippen LogP contribution in [0.15, 0.2) is 53.7 Å². The number of nitriles is 1. The molecule has 0 spiro atoms. The van der Waals surface area contributed by atoms with Crippen molar-refractivity contribution in [2.24, 2.45) is 5.18 Å². The molecule has 4 nitrogen and oxygen atoms in total. The highest BCUT2D eigenvalue weighted by molar-refractivity contribution is 5.34. The predicted octanol–water partition coefficient (Wildman–Crippen LogP) is 4.55. The molecule has 4 heteroatoms. The van der Waals surface area contributed by atoms with Crippen LogP contribution in [-0.4, -0.2) is 0 Å². The van der Waals surface area contributed by atoms with Crippen molar-refractivity contribution < 1.29 is 4.74 Å². The molecule has 2 aromatic carbocycles. The first kappa shape index (κ1) is 15.7. The van der Waals surface area contributed by atoms with Gasteiger partial charge in [0, 0.05) is 5.56 Å². The zero-order valence-corrected chi connectivity index (χ0v) is 12.5. The quantitative estimate of drug-likeness (QED) is 0.704. The summed E-state index contributed by atoms with van der Waals surface area (Å²) in [6.45, 7) is 2.45. The Labute approximate surface area is 130 Å². The van der Waals surface area contributed by atoms with Crippen molar-refractivity contribution >= 4 is 0 Å². The highest BCUT2D eigenvalue weighted by atomic mass is 16.5. The summed E-state index contributed by atoms with van der Waals surface area (Å²) in [5.41, 5.74) is 2.68. The second-order valence-corrected chi connectivity index (χ2v) is 5.02. The lowest BCUT2D eigenvalue weighted by molar-refractivity contribution is 0.304. The molecule has 0 amide bonds. The Morgan fingerprint density at radius 3 is 2.55 bits per heavy atom. The van der Waals surface area contributed by atoms with Gasteiger partial charge in [0.15, 0.2) is 0 Å². The lowest BCUT2D eigenvalue weighted by atomic mass is 10.0. The molecule has 2 rings (SSSR count). The molecule has 0 fully saturated rings. The summed E-state index contributed by atoms with van der Waals surface area (Å²) in [5, 5.41) is 11.8. The van der Waals surface area contributed by atoms with Crippen LogP contribution >= 0.6 is 0 Å². The number of rotatable bonds is 7. The molecule has 1 atom stereocenters. The van der Waals surface area contributed by atoms with Crippen molar-refractivity contribution in [3.8, 4) is 11.8 Å². The molecule has 2 aromatic rings. The lowest BCUT2D eigenvalue weighted by Crippen LogP contribution is -2.02. The number of ether oxygens (including phenoxy) is 1. The molecular formula is C18H18N2O2. The van der Waals surface area contributed by atoms with Gasteiger partial charge in [-0.1, -0.05) is 49.7 Å². The van der Waals surface area contributed by atoms with Crippen molar-refractivity contribution in [3.63, 3.8) is 0 Å². The van der Waals surface area contributed by atoms with E-state index >= 15 is 0 Å². The average molecular weight is 294 g/mol. The summed E-state index contributed by atoms with van der Waals surface area (Å²) in [6, 6.07) is 16.1. The van der Waals surface area contributed by atoms with Gasteiger partial charge in [-0.25, -0.2) is 0 Å². The fourth-order valence-electron chi connectivity index (χ4n) is 2.28. The van der Waals surface area contributed by atoms with Crippen LogP contribution in [0.5, 0.6) is 5.75 Å². The van der Waals surface area contributed by atoms with Crippen LogP contribution in [0.25, 0.3) is 0 Å². The zero-order valence-electron chi connectivity index (χ0n) is 12.5. The molecule has 1 unspecified atom stereocenters. The third-order valence-corrected chi connectivity index (χ3v) is 3.43. The Morgan fingerprint density at radius 2 is 1.91 bits per heavy atom. The zero-order chi connectivity index (χ0) is 15.8. The van der Waals surface area contributed by atoms with E-state index in [1.807, 2.05) is 30.3 Å². The Hall–Kier alpha value is -2.67. The first-order valence-electron chi connectivity index (χ1n) is 7.30. The summed E-state index contributed by atoms with van der Waals surface area (Å²) in [4.78, 5) is 10.7. The van der Waals surface area contributed by atoms with Gasteiger partial charge in [0.2, 0.25) is 6.04 Å². The fraction of sp³-hybridized carbons (Fsp3) is 0.278. The lowest BCUT2D eigenvalue weighted by Gasteiger charge is -2.11. The molecular weight excluding hydrogens is 276 g/mol. The van der Waals surface area contributed by atoms with Crippen molar-refractivity contribution in [1.29, 1.82) is 5.26 Å². The molecule has 112 valence electrons. The van der Waals surface area contributed by atoms with Gasteiger partial charge in [-0.3, -0.25) is 0 Å². The van der Waals surface area contributed by atoms with Crippen LogP contribution in [0.3, 0.4) is 0 Å². The topological polar surface area (TPSA) is 62.4 Å². The van der Waals surface area contributed by atoms with Gasteiger partial charge in [-0.05, 0) is 34.9 Å². The average Bonchev–Trinajstić information content (AvgIpc) is 2.57. The molecule has 0 radical (unpaired) electrons. The molecule has 22 heavy (non-hydrogen) atoms. The molecule has 0 aliphatic carbocycles. The first-order valence-corrected chi connectivity index (χ1v) is 7.30. The first-order chi connectivity index (χ1) is 10.8. The summed E-state index contributed by atoms with van der Waals surface area (Å²) >= 11 is 0. The normalized spacial score (nSPS) is 11.5. The molecule has 0 heterocycles. The van der Waals surface area contributed by atoms with Crippen molar-refractivity contribution in [2.45, 2.75) is 32.4 Å². The van der Waals surface area contributed by atoms with Gasteiger partial charge in [0.05, 0.1) is 6.07 Å². The van der Waals surface area contributed by atoms with Crippen LogP contribution in [0.4, 0.5) is 0 Å². The number of benzene rings is 2. The molecule has 0 N–H and O–H groups in total. The van der Waals surface area contributed by atoms with Gasteiger partial charge in [-0.2, -0.15) is 5.26 Å². The Balaban J connectivity index is 2.08. The second-order valence-electron chi connectivity index (χ2n) is 5.02. The minimum absolute atomic E-state index is 0.303. The summed E-state index contributed by atoms with van der Waals surface area (Å²) in [5.74, 6) is 0.766. The Bertz CT molecular complexity index is 660. The van der Waals surface area contributed by atoms with E-state index in [4.69, 9.17) is 10.00 Å². The molecule has 0 aliphatic rings. The predicted molar refractivity (Wildman–Crippen MR) is 85.4 cm³/mol. The van der Waals surface area contributed by atoms with E-state index in [1.54, 1.807) is 12.1 Å². The number of aryl methyl sites for hydroxylation is 1. The molecule has 0 bridgehead atoms. The van der Waals surface area contributed by atoms with Crippen LogP contribution in [0, 0.1) is 16.2 Å². The maximum Gasteiger partial charge on any atom is 0.203 e. The minimum Gasteiger partial charge on any atom is -0.489 e. The highest BCUT2D eigenvalue weighted by Gasteiger charge is 2.14. The summed E-state index contributed by atoms with van der Waals surface area (Å²) in [6.07, 6.45) is 2.17. The van der Waals surface area contributed by atoms with Gasteiger partial charge >= 0.3 is 0 Å². The highest BCUT2D eigenvalue weighted by Crippen LogP contribution is 2.22. The third-order valence-electron chi connectivity index (χ3n) is 3.43. The molecule has 0 saturated heterocycles. The van der Waals surface area contributed by atoms with Crippen LogP contribution < -0.4 is 4.74 Å². The van der Waals surface area contributed by atoms with Gasteiger partial charge in [-0.15, -0.1) is 4.91 Å². The standard InChI is InChI=1S/C18H18N2O2/c1-2-5-14-8-10-16(11-9-14)22-13-15-6-3-4-7-17(15)18(12-19)20-21/h3-4,6-11,18H,2,5,13H2,1H3. The van der Waals surface area contributed by atoms with E-state index in [0.29, 0.717) is 12.2 Å². The van der Waals surface area contributed by atoms with E-state index in [2.05, 4.69) is 24.2 Å². The monoisotopic (exact) mass is 294 g/mol. The van der Waals surface area contributed by atoms with E-state index in [0.717, 1.165) is 24.2 Å². The van der Waals surface area contributed by atoms with Crippen molar-refractivity contribution in [1.82, 2.24) is 0 Å². The number of nitrogens with zero attached hydrogens (tertiary/aromatic N) is 2. The van der Waals surface area contributed by atoms with Gasteiger partial charge in [0.25, 0.3) is 0 Å². The number of nitroso groups, excluding NO2 is 1. The summed E-state index contributed by atoms with van der Waals surface area (Å²) < 4.78 is 5.75. The molecule has 0 aromatic heterocycles. The van der Waals surface area contributed by atoms with E-state index in [1.165, 1.54) is 5.56 Å². The number of hydrogen-bond donors (Lipinski definition) is 0. The van der Waals surface area contributed by atoms with E-state index in [9.17, 15) is 4.91 Å². The smallest absolute Gasteiger partial charge is 0.203 e. The SMILES string of the molecule is CCCc1ccc(OCc2ccccc2C(C#N)N=O)cc1. The van der Waals surface area contributed by atoms with Crippen molar-refractivity contribution in [3.05, 3.63) is 70.1 Å². The third kappa shape index (κ3) is 3.92. The fourth-order valence-corrected chi connectivity index (χ4v) is 2.28. The van der Waals surface area contributed by atoms with Crippen molar-refractivity contribution in [2.75, 3.05) is 0 Å². The van der Waals surface area contributed by atoms with Gasteiger partial charge in [0.1, 0.15) is 12.4 Å². The second kappa shape index (κ2) is 7.94. The van der Waals surface area contributed by atoms with Crippen LogP contribution in [-0.2, 0) is 13.0 Å². The van der Waals surface area contributed by atoms with Crippen LogP contribution in [0.1, 0.15) is 36.1 Å². The number of hydrogen-bond acceptors (Lipinski definition) is 4. The Morgan fingerprint density at radius 1 is 1.18 bits per heavy atom. The Kier molecular flexibility index (Phi) is 5.67. The summed E-state index contributed by atoms with van der Waals surface area (Å²) in [7, 11) is 0. The molecule has 0 saturated carbocycles. The van der Waals surface area contributed by atoms with Gasteiger partial charge < -0.3 is 4.74 Å². The maximum atomic E-state index is 10.7. The van der Waals surface area contributed by atoms with Crippen LogP contribution in [0.2, 0.25) is 0 Å². The maximum absolute atomic E-state index is 10.7.